The van der Waals surface area contributed by atoms with Crippen LogP contribution in [-0.2, 0) is 19.2 Å². The average Bonchev–Trinajstić information content (AvgIpc) is 2.45. The van der Waals surface area contributed by atoms with Gasteiger partial charge >= 0.3 is 23.9 Å². The van der Waals surface area contributed by atoms with E-state index in [1.807, 2.05) is 0 Å². The van der Waals surface area contributed by atoms with Crippen LogP contribution in [0.3, 0.4) is 0 Å². The highest BCUT2D eigenvalue weighted by Crippen LogP contribution is 2.16. The molecule has 1 aliphatic heterocycles. The zero-order valence-corrected chi connectivity index (χ0v) is 11.7. The van der Waals surface area contributed by atoms with Gasteiger partial charge in [0.1, 0.15) is 11.7 Å². The van der Waals surface area contributed by atoms with Gasteiger partial charge in [-0.05, 0) is 17.7 Å². The SMILES string of the molecule is O=C(O)C[C@@H](N=C/C=C1/C=C(C(=O)O)N[C@H](C(=O)O)C1)C(=O)O. The summed E-state index contributed by atoms with van der Waals surface area (Å²) in [5, 5.41) is 37.6. The number of hydrogen-bond donors (Lipinski definition) is 5. The third-order valence-electron chi connectivity index (χ3n) is 2.84. The molecule has 0 unspecified atom stereocenters. The molecule has 2 atom stereocenters. The standard InChI is InChI=1S/C13H14N2O8/c16-10(17)5-7(11(18)19)14-2-1-6-3-8(12(20)21)15-9(4-6)13(22)23/h1-3,7,9,15H,4-5H2,(H,16,17)(H,18,19)(H,20,21)(H,22,23)/b6-1-,14-2?/t7-,9+/m1/s1. The number of aliphatic carboxylic acids is 4. The number of aliphatic imine (C=N–C) groups is 1. The first-order valence-electron chi connectivity index (χ1n) is 6.32. The first-order chi connectivity index (χ1) is 10.7. The highest BCUT2D eigenvalue weighted by atomic mass is 16.4. The van der Waals surface area contributed by atoms with E-state index in [9.17, 15) is 19.2 Å². The lowest BCUT2D eigenvalue weighted by atomic mass is 10.00. The minimum atomic E-state index is -1.48. The number of carbonyl (C=O) groups is 4. The second kappa shape index (κ2) is 7.73. The molecule has 0 aromatic heterocycles. The van der Waals surface area contributed by atoms with Crippen molar-refractivity contribution in [2.24, 2.45) is 4.99 Å². The van der Waals surface area contributed by atoms with Gasteiger partial charge in [0.05, 0.1) is 6.42 Å². The minimum absolute atomic E-state index is 0.0329. The lowest BCUT2D eigenvalue weighted by molar-refractivity contribution is -0.144. The first-order valence-corrected chi connectivity index (χ1v) is 6.32. The molecule has 23 heavy (non-hydrogen) atoms. The van der Waals surface area contributed by atoms with Crippen molar-refractivity contribution in [3.8, 4) is 0 Å². The highest BCUT2D eigenvalue weighted by Gasteiger charge is 2.26. The van der Waals surface area contributed by atoms with Crippen LogP contribution in [0.4, 0.5) is 0 Å². The van der Waals surface area contributed by atoms with Crippen molar-refractivity contribution in [2.45, 2.75) is 24.9 Å². The van der Waals surface area contributed by atoms with Crippen molar-refractivity contribution in [1.29, 1.82) is 0 Å². The van der Waals surface area contributed by atoms with E-state index in [-0.39, 0.29) is 12.1 Å². The number of nitrogens with one attached hydrogen (secondary N) is 1. The Balaban J connectivity index is 2.95. The molecule has 0 spiro atoms. The van der Waals surface area contributed by atoms with Crippen molar-refractivity contribution >= 4 is 30.1 Å². The van der Waals surface area contributed by atoms with Crippen LogP contribution >= 0.6 is 0 Å². The maximum atomic E-state index is 11.0. The van der Waals surface area contributed by atoms with E-state index in [2.05, 4.69) is 10.3 Å². The van der Waals surface area contributed by atoms with E-state index in [0.717, 1.165) is 6.21 Å². The third kappa shape index (κ3) is 5.61. The molecule has 124 valence electrons. The summed E-state index contributed by atoms with van der Waals surface area (Å²) in [7, 11) is 0. The van der Waals surface area contributed by atoms with Gasteiger partial charge in [-0.15, -0.1) is 0 Å². The van der Waals surface area contributed by atoms with Crippen LogP contribution in [0.1, 0.15) is 12.8 Å². The van der Waals surface area contributed by atoms with Gasteiger partial charge in [0, 0.05) is 12.6 Å². The van der Waals surface area contributed by atoms with Crippen LogP contribution in [0.15, 0.2) is 28.4 Å². The normalized spacial score (nSPS) is 20.6. The van der Waals surface area contributed by atoms with Crippen LogP contribution in [-0.4, -0.2) is 62.6 Å². The number of nitrogens with zero attached hydrogens (tertiary/aromatic N) is 1. The summed E-state index contributed by atoms with van der Waals surface area (Å²) >= 11 is 0. The number of carboxylic acids is 4. The second-order valence-corrected chi connectivity index (χ2v) is 4.59. The van der Waals surface area contributed by atoms with Crippen molar-refractivity contribution in [3.05, 3.63) is 23.4 Å². The molecule has 0 aromatic rings. The molecule has 0 fully saturated rings. The minimum Gasteiger partial charge on any atom is -0.481 e. The van der Waals surface area contributed by atoms with Crippen molar-refractivity contribution in [3.63, 3.8) is 0 Å². The monoisotopic (exact) mass is 326 g/mol. The Bertz CT molecular complexity index is 619. The van der Waals surface area contributed by atoms with E-state index in [0.29, 0.717) is 5.57 Å². The van der Waals surface area contributed by atoms with E-state index >= 15 is 0 Å². The maximum Gasteiger partial charge on any atom is 0.351 e. The molecular weight excluding hydrogens is 312 g/mol. The Morgan fingerprint density at radius 1 is 1.26 bits per heavy atom. The summed E-state index contributed by atoms with van der Waals surface area (Å²) in [5.74, 6) is -5.33. The van der Waals surface area contributed by atoms with Crippen LogP contribution < -0.4 is 5.32 Å². The fourth-order valence-corrected chi connectivity index (χ4v) is 1.76. The Kier molecular flexibility index (Phi) is 6.01. The Labute approximate surface area is 129 Å². The number of rotatable bonds is 7. The van der Waals surface area contributed by atoms with Gasteiger partial charge in [0.25, 0.3) is 0 Å². The van der Waals surface area contributed by atoms with Gasteiger partial charge in [-0.2, -0.15) is 0 Å². The summed E-state index contributed by atoms with van der Waals surface area (Å²) in [6.07, 6.45) is 2.73. The number of hydrogen-bond acceptors (Lipinski definition) is 6. The van der Waals surface area contributed by atoms with Gasteiger partial charge in [0.15, 0.2) is 6.04 Å². The molecule has 10 heteroatoms. The summed E-state index contributed by atoms with van der Waals surface area (Å²) in [5.41, 5.74) is -0.0135. The van der Waals surface area contributed by atoms with E-state index in [4.69, 9.17) is 20.4 Å². The largest absolute Gasteiger partial charge is 0.481 e. The van der Waals surface area contributed by atoms with E-state index in [1.54, 1.807) is 0 Å². The van der Waals surface area contributed by atoms with Gasteiger partial charge in [-0.1, -0.05) is 0 Å². The Morgan fingerprint density at radius 3 is 2.39 bits per heavy atom. The molecule has 0 aliphatic carbocycles. The molecule has 0 saturated carbocycles. The molecular formula is C13H14N2O8. The predicted octanol–water partition coefficient (Wildman–Crippen LogP) is -0.673. The number of allylic oxidation sites excluding steroid dienone is 2. The Hall–Kier alpha value is -3.17. The van der Waals surface area contributed by atoms with E-state index in [1.165, 1.54) is 12.2 Å². The van der Waals surface area contributed by atoms with Crippen LogP contribution in [0.25, 0.3) is 0 Å². The lowest BCUT2D eigenvalue weighted by Gasteiger charge is -2.21. The van der Waals surface area contributed by atoms with Crippen LogP contribution in [0.2, 0.25) is 0 Å². The molecule has 1 aliphatic rings. The van der Waals surface area contributed by atoms with Gasteiger partial charge in [-0.25, -0.2) is 14.4 Å². The molecule has 10 nitrogen and oxygen atoms in total. The summed E-state index contributed by atoms with van der Waals surface area (Å²) in [6, 6.07) is -2.62. The van der Waals surface area contributed by atoms with Gasteiger partial charge in [-0.3, -0.25) is 9.79 Å². The molecule has 0 bridgehead atoms. The topological polar surface area (TPSA) is 174 Å². The third-order valence-corrected chi connectivity index (χ3v) is 2.84. The molecule has 0 aromatic carbocycles. The quantitative estimate of drug-likeness (QED) is 0.380. The van der Waals surface area contributed by atoms with Crippen molar-refractivity contribution in [2.75, 3.05) is 0 Å². The fourth-order valence-electron chi connectivity index (χ4n) is 1.76. The maximum absolute atomic E-state index is 11.0. The summed E-state index contributed by atoms with van der Waals surface area (Å²) in [4.78, 5) is 46.8. The molecule has 0 radical (unpaired) electrons. The van der Waals surface area contributed by atoms with Gasteiger partial charge in [0.2, 0.25) is 0 Å². The average molecular weight is 326 g/mol. The van der Waals surface area contributed by atoms with Crippen LogP contribution in [0, 0.1) is 0 Å². The van der Waals surface area contributed by atoms with E-state index < -0.39 is 42.4 Å². The number of carboxylic acid groups (broad SMARTS) is 4. The molecule has 5 N–H and O–H groups in total. The summed E-state index contributed by atoms with van der Waals surface area (Å²) in [6.45, 7) is 0. The van der Waals surface area contributed by atoms with Crippen molar-refractivity contribution in [1.82, 2.24) is 5.32 Å². The fraction of sp³-hybridized carbons (Fsp3) is 0.308. The zero-order chi connectivity index (χ0) is 17.6. The first kappa shape index (κ1) is 17.9. The predicted molar refractivity (Wildman–Crippen MR) is 75.1 cm³/mol. The van der Waals surface area contributed by atoms with Crippen LogP contribution in [0.5, 0.6) is 0 Å². The summed E-state index contributed by atoms with van der Waals surface area (Å²) < 4.78 is 0. The smallest absolute Gasteiger partial charge is 0.351 e. The van der Waals surface area contributed by atoms with Gasteiger partial charge < -0.3 is 25.7 Å². The molecule has 0 saturated heterocycles. The Morgan fingerprint density at radius 2 is 1.91 bits per heavy atom. The molecule has 1 rings (SSSR count). The van der Waals surface area contributed by atoms with Crippen molar-refractivity contribution < 1.29 is 39.6 Å². The second-order valence-electron chi connectivity index (χ2n) is 4.59. The lowest BCUT2D eigenvalue weighted by Crippen LogP contribution is -2.41. The molecule has 1 heterocycles. The zero-order valence-electron chi connectivity index (χ0n) is 11.7. The highest BCUT2D eigenvalue weighted by molar-refractivity contribution is 5.90. The molecule has 0 amide bonds.